The molecule has 0 aromatic heterocycles. The topological polar surface area (TPSA) is 29.3 Å². The van der Waals surface area contributed by atoms with Crippen LogP contribution in [-0.2, 0) is 6.54 Å². The summed E-state index contributed by atoms with van der Waals surface area (Å²) < 4.78 is 1.11. The normalized spacial score (nSPS) is 12.2. The van der Waals surface area contributed by atoms with Crippen LogP contribution in [0.5, 0.6) is 0 Å². The van der Waals surface area contributed by atoms with Gasteiger partial charge in [0, 0.05) is 29.8 Å². The van der Waals surface area contributed by atoms with Gasteiger partial charge in [-0.1, -0.05) is 46.3 Å². The lowest BCUT2D eigenvalue weighted by Crippen LogP contribution is -2.20. The number of rotatable bonds is 4. The molecule has 2 N–H and O–H groups in total. The molecule has 0 aliphatic rings. The van der Waals surface area contributed by atoms with Gasteiger partial charge in [-0.05, 0) is 36.2 Å². The summed E-state index contributed by atoms with van der Waals surface area (Å²) in [5.74, 6) is 0. The van der Waals surface area contributed by atoms with E-state index in [-0.39, 0.29) is 6.04 Å². The second-order valence-corrected chi connectivity index (χ2v) is 5.75. The van der Waals surface area contributed by atoms with Crippen molar-refractivity contribution in [3.05, 3.63) is 64.1 Å². The smallest absolute Gasteiger partial charge is 0.0426 e. The van der Waals surface area contributed by atoms with Crippen molar-refractivity contribution in [3.8, 4) is 0 Å². The van der Waals surface area contributed by atoms with E-state index in [0.29, 0.717) is 0 Å². The van der Waals surface area contributed by atoms with E-state index in [0.717, 1.165) is 11.0 Å². The molecular formula is C16H19BrN2. The lowest BCUT2D eigenvalue weighted by atomic mass is 10.1. The van der Waals surface area contributed by atoms with E-state index in [9.17, 15) is 0 Å². The highest BCUT2D eigenvalue weighted by atomic mass is 79.9. The average Bonchev–Trinajstić information content (AvgIpc) is 2.41. The minimum atomic E-state index is 0.0450. The Bertz CT molecular complexity index is 535. The molecule has 2 rings (SSSR count). The largest absolute Gasteiger partial charge is 0.370 e. The third-order valence-corrected chi connectivity index (χ3v) is 3.70. The third-order valence-electron chi connectivity index (χ3n) is 3.17. The Labute approximate surface area is 123 Å². The molecule has 0 saturated carbocycles. The van der Waals surface area contributed by atoms with Crippen molar-refractivity contribution in [3.63, 3.8) is 0 Å². The van der Waals surface area contributed by atoms with E-state index in [1.54, 1.807) is 0 Å². The summed E-state index contributed by atoms with van der Waals surface area (Å²) in [6, 6.07) is 16.8. The number of hydrogen-bond acceptors (Lipinski definition) is 2. The predicted octanol–water partition coefficient (Wildman–Crippen LogP) is 4.11. The lowest BCUT2D eigenvalue weighted by molar-refractivity contribution is 0.801. The fourth-order valence-corrected chi connectivity index (χ4v) is 2.43. The molecule has 0 bridgehead atoms. The van der Waals surface area contributed by atoms with E-state index in [1.165, 1.54) is 16.8 Å². The molecule has 0 aliphatic heterocycles. The second-order valence-electron chi connectivity index (χ2n) is 4.83. The van der Waals surface area contributed by atoms with E-state index < -0.39 is 0 Å². The minimum Gasteiger partial charge on any atom is -0.370 e. The van der Waals surface area contributed by atoms with E-state index in [1.807, 2.05) is 13.0 Å². The van der Waals surface area contributed by atoms with Gasteiger partial charge in [0.15, 0.2) is 0 Å². The molecule has 0 aliphatic carbocycles. The molecule has 0 unspecified atom stereocenters. The maximum atomic E-state index is 6.03. The quantitative estimate of drug-likeness (QED) is 0.919. The van der Waals surface area contributed by atoms with Gasteiger partial charge in [0.2, 0.25) is 0 Å². The first kappa shape index (κ1) is 14.1. The van der Waals surface area contributed by atoms with Gasteiger partial charge in [-0.3, -0.25) is 0 Å². The van der Waals surface area contributed by atoms with E-state index in [4.69, 9.17) is 5.73 Å². The van der Waals surface area contributed by atoms with Crippen LogP contribution in [0.25, 0.3) is 0 Å². The summed E-state index contributed by atoms with van der Waals surface area (Å²) in [5.41, 5.74) is 9.69. The summed E-state index contributed by atoms with van der Waals surface area (Å²) in [5, 5.41) is 0. The first-order chi connectivity index (χ1) is 9.08. The van der Waals surface area contributed by atoms with Gasteiger partial charge in [-0.25, -0.2) is 0 Å². The number of halogens is 1. The van der Waals surface area contributed by atoms with Crippen LogP contribution in [0.4, 0.5) is 5.69 Å². The minimum absolute atomic E-state index is 0.0450. The van der Waals surface area contributed by atoms with Crippen molar-refractivity contribution in [2.75, 3.05) is 11.9 Å². The first-order valence-electron chi connectivity index (χ1n) is 6.38. The molecule has 100 valence electrons. The van der Waals surface area contributed by atoms with Crippen LogP contribution in [0, 0.1) is 0 Å². The van der Waals surface area contributed by atoms with Crippen molar-refractivity contribution >= 4 is 21.6 Å². The molecule has 0 spiro atoms. The molecule has 0 amide bonds. The van der Waals surface area contributed by atoms with Crippen molar-refractivity contribution in [1.82, 2.24) is 0 Å². The summed E-state index contributed by atoms with van der Waals surface area (Å²) >= 11 is 3.46. The summed E-state index contributed by atoms with van der Waals surface area (Å²) in [4.78, 5) is 2.24. The van der Waals surface area contributed by atoms with Gasteiger partial charge >= 0.3 is 0 Å². The van der Waals surface area contributed by atoms with Gasteiger partial charge in [0.25, 0.3) is 0 Å². The number of nitrogens with zero attached hydrogens (tertiary/aromatic N) is 1. The van der Waals surface area contributed by atoms with Crippen molar-refractivity contribution in [2.24, 2.45) is 5.73 Å². The summed E-state index contributed by atoms with van der Waals surface area (Å²) in [7, 11) is 2.10. The monoisotopic (exact) mass is 318 g/mol. The summed E-state index contributed by atoms with van der Waals surface area (Å²) in [6.45, 7) is 2.89. The lowest BCUT2D eigenvalue weighted by Gasteiger charge is -2.24. The van der Waals surface area contributed by atoms with Crippen LogP contribution in [-0.4, -0.2) is 7.05 Å². The zero-order valence-electron chi connectivity index (χ0n) is 11.3. The fraction of sp³-hybridized carbons (Fsp3) is 0.250. The highest BCUT2D eigenvalue weighted by molar-refractivity contribution is 9.10. The van der Waals surface area contributed by atoms with Crippen molar-refractivity contribution in [2.45, 2.75) is 19.5 Å². The standard InChI is InChI=1S/C16H19BrN2/c1-12(18)15-5-3-4-6-16(15)19(2)11-13-7-9-14(17)10-8-13/h3-10,12H,11,18H2,1-2H3/t12-/m0/s1. The Balaban J connectivity index is 2.20. The van der Waals surface area contributed by atoms with Gasteiger partial charge < -0.3 is 10.6 Å². The molecule has 2 aromatic rings. The molecule has 2 nitrogen and oxygen atoms in total. The highest BCUT2D eigenvalue weighted by Crippen LogP contribution is 2.25. The number of para-hydroxylation sites is 1. The number of nitrogens with two attached hydrogens (primary N) is 1. The zero-order valence-corrected chi connectivity index (χ0v) is 12.9. The van der Waals surface area contributed by atoms with Crippen LogP contribution >= 0.6 is 15.9 Å². The van der Waals surface area contributed by atoms with Crippen LogP contribution in [0.2, 0.25) is 0 Å². The van der Waals surface area contributed by atoms with Gasteiger partial charge in [-0.2, -0.15) is 0 Å². The van der Waals surface area contributed by atoms with Crippen LogP contribution in [0.15, 0.2) is 53.0 Å². The van der Waals surface area contributed by atoms with Crippen molar-refractivity contribution < 1.29 is 0 Å². The third kappa shape index (κ3) is 3.58. The molecule has 1 atom stereocenters. The van der Waals surface area contributed by atoms with Gasteiger partial charge in [0.05, 0.1) is 0 Å². The van der Waals surface area contributed by atoms with E-state index in [2.05, 4.69) is 70.3 Å². The molecule has 0 saturated heterocycles. The zero-order chi connectivity index (χ0) is 13.8. The highest BCUT2D eigenvalue weighted by Gasteiger charge is 2.10. The average molecular weight is 319 g/mol. The van der Waals surface area contributed by atoms with Crippen LogP contribution in [0.3, 0.4) is 0 Å². The Hall–Kier alpha value is -1.32. The maximum Gasteiger partial charge on any atom is 0.0426 e. The Kier molecular flexibility index (Phi) is 4.61. The van der Waals surface area contributed by atoms with Gasteiger partial charge in [-0.15, -0.1) is 0 Å². The first-order valence-corrected chi connectivity index (χ1v) is 7.17. The van der Waals surface area contributed by atoms with Crippen LogP contribution in [0.1, 0.15) is 24.1 Å². The Morgan fingerprint density at radius 3 is 2.37 bits per heavy atom. The Morgan fingerprint density at radius 1 is 1.11 bits per heavy atom. The molecular weight excluding hydrogens is 300 g/mol. The molecule has 0 fully saturated rings. The number of benzene rings is 2. The molecule has 0 radical (unpaired) electrons. The number of anilines is 1. The number of hydrogen-bond donors (Lipinski definition) is 1. The van der Waals surface area contributed by atoms with Crippen LogP contribution < -0.4 is 10.6 Å². The fourth-order valence-electron chi connectivity index (χ4n) is 2.17. The Morgan fingerprint density at radius 2 is 1.74 bits per heavy atom. The molecule has 19 heavy (non-hydrogen) atoms. The predicted molar refractivity (Wildman–Crippen MR) is 85.3 cm³/mol. The van der Waals surface area contributed by atoms with E-state index >= 15 is 0 Å². The van der Waals surface area contributed by atoms with Gasteiger partial charge in [0.1, 0.15) is 0 Å². The summed E-state index contributed by atoms with van der Waals surface area (Å²) in [6.07, 6.45) is 0. The SMILES string of the molecule is C[C@H](N)c1ccccc1N(C)Cc1ccc(Br)cc1. The molecule has 3 heteroatoms. The molecule has 2 aromatic carbocycles. The molecule has 0 heterocycles. The van der Waals surface area contributed by atoms with Crippen molar-refractivity contribution in [1.29, 1.82) is 0 Å². The maximum absolute atomic E-state index is 6.03. The second kappa shape index (κ2) is 6.22.